The summed E-state index contributed by atoms with van der Waals surface area (Å²) < 4.78 is 5.87. The van der Waals surface area contributed by atoms with Gasteiger partial charge in [0.1, 0.15) is 30.7 Å². The first kappa shape index (κ1) is 18.6. The predicted molar refractivity (Wildman–Crippen MR) is 116 cm³/mol. The summed E-state index contributed by atoms with van der Waals surface area (Å²) in [5, 5.41) is 18.4. The smallest absolute Gasteiger partial charge is 0.146 e. The highest BCUT2D eigenvalue weighted by Crippen LogP contribution is 2.30. The monoisotopic (exact) mass is 409 g/mol. The van der Waals surface area contributed by atoms with Crippen molar-refractivity contribution in [1.82, 2.24) is 25.3 Å². The van der Waals surface area contributed by atoms with Crippen LogP contribution < -0.4 is 10.1 Å². The van der Waals surface area contributed by atoms with Gasteiger partial charge in [-0.25, -0.2) is 9.99 Å². The summed E-state index contributed by atoms with van der Waals surface area (Å²) in [6.45, 7) is 2.19. The Morgan fingerprint density at radius 2 is 2.10 bits per heavy atom. The summed E-state index contributed by atoms with van der Waals surface area (Å²) >= 11 is 0. The highest BCUT2D eigenvalue weighted by molar-refractivity contribution is 5.82. The van der Waals surface area contributed by atoms with E-state index in [0.717, 1.165) is 28.3 Å². The van der Waals surface area contributed by atoms with Gasteiger partial charge >= 0.3 is 0 Å². The van der Waals surface area contributed by atoms with Crippen LogP contribution in [0.5, 0.6) is 5.75 Å². The van der Waals surface area contributed by atoms with Crippen molar-refractivity contribution in [2.45, 2.75) is 19.7 Å². The fraction of sp³-hybridized carbons (Fsp3) is 0.130. The van der Waals surface area contributed by atoms with E-state index in [1.54, 1.807) is 24.5 Å². The molecule has 8 nitrogen and oxygen atoms in total. The molecule has 2 aromatic heterocycles. The maximum Gasteiger partial charge on any atom is 0.146 e. The quantitative estimate of drug-likeness (QED) is 0.670. The van der Waals surface area contributed by atoms with Crippen molar-refractivity contribution in [2.24, 2.45) is 5.10 Å². The van der Waals surface area contributed by atoms with Gasteiger partial charge in [0.15, 0.2) is 0 Å². The lowest BCUT2D eigenvalue weighted by Gasteiger charge is -2.21. The number of ether oxygens (including phenoxy) is 1. The summed E-state index contributed by atoms with van der Waals surface area (Å²) in [6.07, 6.45) is 7.72. The molecule has 5 rings (SSSR count). The van der Waals surface area contributed by atoms with Gasteiger partial charge in [-0.3, -0.25) is 4.98 Å². The van der Waals surface area contributed by atoms with Crippen LogP contribution in [0.25, 0.3) is 17.0 Å². The van der Waals surface area contributed by atoms with Gasteiger partial charge in [-0.1, -0.05) is 18.2 Å². The van der Waals surface area contributed by atoms with Crippen LogP contribution >= 0.6 is 0 Å². The van der Waals surface area contributed by atoms with Crippen molar-refractivity contribution >= 4 is 11.9 Å². The van der Waals surface area contributed by atoms with Gasteiger partial charge in [0.05, 0.1) is 28.7 Å². The number of nitrogens with one attached hydrogen (secondary N) is 2. The van der Waals surface area contributed by atoms with Crippen molar-refractivity contribution in [3.8, 4) is 23.2 Å². The number of pyridine rings is 1. The Bertz CT molecular complexity index is 1260. The maximum atomic E-state index is 9.08. The maximum absolute atomic E-state index is 9.08. The van der Waals surface area contributed by atoms with Gasteiger partial charge in [0, 0.05) is 17.5 Å². The number of aryl methyl sites for hydroxylation is 1. The van der Waals surface area contributed by atoms with Crippen LogP contribution in [0, 0.1) is 18.3 Å². The molecule has 8 heteroatoms. The lowest BCUT2D eigenvalue weighted by atomic mass is 10.1. The Balaban J connectivity index is 1.49. The van der Waals surface area contributed by atoms with Crippen molar-refractivity contribution < 1.29 is 4.74 Å². The Hall–Kier alpha value is -4.38. The SMILES string of the molecule is Cc1cccc(-c2[nH]c(COc3cccc(C#N)c3)nc2C2=CN3N=CNC3C=C2)n1. The van der Waals surface area contributed by atoms with E-state index in [0.29, 0.717) is 17.1 Å². The summed E-state index contributed by atoms with van der Waals surface area (Å²) in [5.74, 6) is 1.28. The number of hydrogen-bond acceptors (Lipinski definition) is 7. The fourth-order valence-corrected chi connectivity index (χ4v) is 3.48. The Morgan fingerprint density at radius 3 is 2.97 bits per heavy atom. The molecule has 2 aliphatic heterocycles. The average molecular weight is 409 g/mol. The average Bonchev–Trinajstić information content (AvgIpc) is 3.44. The molecule has 1 aromatic carbocycles. The highest BCUT2D eigenvalue weighted by Gasteiger charge is 2.23. The molecule has 0 fully saturated rings. The highest BCUT2D eigenvalue weighted by atomic mass is 16.5. The number of rotatable bonds is 5. The molecule has 0 saturated carbocycles. The molecular weight excluding hydrogens is 390 g/mol. The standard InChI is InChI=1S/C23H19N7O/c1-15-4-2-7-19(27-15)23-22(17-8-9-21-25-14-26-30(21)12-17)28-20(29-23)13-31-18-6-3-5-16(10-18)11-24/h2-10,12,14,21H,13H2,1H3,(H,25,26)(H,28,29). The molecule has 0 spiro atoms. The third kappa shape index (κ3) is 3.76. The lowest BCUT2D eigenvalue weighted by Crippen LogP contribution is -2.32. The molecule has 3 aromatic rings. The molecule has 4 heterocycles. The number of benzene rings is 1. The molecule has 152 valence electrons. The van der Waals surface area contributed by atoms with Crippen LogP contribution in [-0.4, -0.2) is 32.5 Å². The van der Waals surface area contributed by atoms with Gasteiger partial charge in [-0.05, 0) is 43.3 Å². The van der Waals surface area contributed by atoms with E-state index in [1.807, 2.05) is 54.6 Å². The van der Waals surface area contributed by atoms with Crippen LogP contribution in [0.2, 0.25) is 0 Å². The van der Waals surface area contributed by atoms with Crippen molar-refractivity contribution in [1.29, 1.82) is 5.26 Å². The molecule has 2 N–H and O–H groups in total. The lowest BCUT2D eigenvalue weighted by molar-refractivity contribution is 0.297. The number of hydrazone groups is 1. The molecule has 1 unspecified atom stereocenters. The van der Waals surface area contributed by atoms with Gasteiger partial charge < -0.3 is 15.0 Å². The van der Waals surface area contributed by atoms with Gasteiger partial charge in [-0.15, -0.1) is 0 Å². The number of imidazole rings is 1. The molecule has 2 aliphatic rings. The van der Waals surface area contributed by atoms with Crippen molar-refractivity contribution in [2.75, 3.05) is 0 Å². The zero-order valence-corrected chi connectivity index (χ0v) is 16.8. The second-order valence-electron chi connectivity index (χ2n) is 7.18. The normalized spacial score (nSPS) is 16.5. The first-order valence-corrected chi connectivity index (χ1v) is 9.83. The number of aromatic nitrogens is 3. The molecule has 0 aliphatic carbocycles. The summed E-state index contributed by atoms with van der Waals surface area (Å²) in [6, 6.07) is 15.1. The molecule has 0 bridgehead atoms. The van der Waals surface area contributed by atoms with E-state index in [1.165, 1.54) is 0 Å². The van der Waals surface area contributed by atoms with E-state index >= 15 is 0 Å². The zero-order valence-electron chi connectivity index (χ0n) is 16.8. The molecule has 0 amide bonds. The molecule has 0 saturated heterocycles. The Kier molecular flexibility index (Phi) is 4.69. The first-order valence-electron chi connectivity index (χ1n) is 9.83. The van der Waals surface area contributed by atoms with Gasteiger partial charge in [0.2, 0.25) is 0 Å². The van der Waals surface area contributed by atoms with Crippen molar-refractivity contribution in [3.63, 3.8) is 0 Å². The minimum absolute atomic E-state index is 0.0263. The number of aromatic amines is 1. The van der Waals surface area contributed by atoms with E-state index in [9.17, 15) is 0 Å². The van der Waals surface area contributed by atoms with Crippen LogP contribution in [0.15, 0.2) is 65.9 Å². The van der Waals surface area contributed by atoms with E-state index in [-0.39, 0.29) is 12.8 Å². The van der Waals surface area contributed by atoms with E-state index < -0.39 is 0 Å². The topological polar surface area (TPSA) is 102 Å². The Labute approximate surface area is 179 Å². The number of H-pyrrole nitrogens is 1. The third-order valence-corrected chi connectivity index (χ3v) is 4.96. The number of nitrogens with zero attached hydrogens (tertiary/aromatic N) is 5. The van der Waals surface area contributed by atoms with E-state index in [4.69, 9.17) is 15.0 Å². The number of hydrogen-bond donors (Lipinski definition) is 2. The summed E-state index contributed by atoms with van der Waals surface area (Å²) in [5.41, 5.74) is 4.79. The molecule has 1 atom stereocenters. The van der Waals surface area contributed by atoms with Crippen LogP contribution in [0.3, 0.4) is 0 Å². The number of allylic oxidation sites excluding steroid dienone is 2. The predicted octanol–water partition coefficient (Wildman–Crippen LogP) is 3.32. The van der Waals surface area contributed by atoms with Crippen LogP contribution in [0.1, 0.15) is 22.8 Å². The largest absolute Gasteiger partial charge is 0.486 e. The molecule has 0 radical (unpaired) electrons. The minimum atomic E-state index is 0.0263. The number of fused-ring (bicyclic) bond motifs is 1. The zero-order chi connectivity index (χ0) is 21.2. The third-order valence-electron chi connectivity index (χ3n) is 4.96. The van der Waals surface area contributed by atoms with Crippen LogP contribution in [-0.2, 0) is 6.61 Å². The minimum Gasteiger partial charge on any atom is -0.486 e. The van der Waals surface area contributed by atoms with Gasteiger partial charge in [-0.2, -0.15) is 10.4 Å². The van der Waals surface area contributed by atoms with E-state index in [2.05, 4.69) is 26.5 Å². The molecular formula is C23H19N7O. The Morgan fingerprint density at radius 1 is 1.19 bits per heavy atom. The van der Waals surface area contributed by atoms with Crippen LogP contribution in [0.4, 0.5) is 0 Å². The number of nitriles is 1. The molecule has 31 heavy (non-hydrogen) atoms. The fourth-order valence-electron chi connectivity index (χ4n) is 3.48. The summed E-state index contributed by atoms with van der Waals surface area (Å²) in [7, 11) is 0. The second-order valence-corrected chi connectivity index (χ2v) is 7.18. The first-order chi connectivity index (χ1) is 15.2. The van der Waals surface area contributed by atoms with Crippen molar-refractivity contribution in [3.05, 3.63) is 83.6 Å². The summed E-state index contributed by atoms with van der Waals surface area (Å²) in [4.78, 5) is 12.8. The van der Waals surface area contributed by atoms with Gasteiger partial charge in [0.25, 0.3) is 0 Å². The second kappa shape index (κ2) is 7.80.